The van der Waals surface area contributed by atoms with Gasteiger partial charge in [-0.2, -0.15) is 0 Å². The van der Waals surface area contributed by atoms with E-state index in [1.165, 1.54) is 44.9 Å². The van der Waals surface area contributed by atoms with E-state index >= 15 is 0 Å². The smallest absolute Gasteiger partial charge is 0.00174 e. The minimum atomic E-state index is 0.769. The average Bonchev–Trinajstić information content (AvgIpc) is 2.30. The molecule has 0 aliphatic heterocycles. The summed E-state index contributed by atoms with van der Waals surface area (Å²) in [7, 11) is 0. The predicted molar refractivity (Wildman–Crippen MR) is 66.8 cm³/mol. The lowest BCUT2D eigenvalue weighted by Crippen LogP contribution is -2.13. The average molecular weight is 202 g/mol. The van der Waals surface area contributed by atoms with Crippen molar-refractivity contribution >= 4 is 0 Å². The fourth-order valence-electron chi connectivity index (χ4n) is 2.96. The van der Waals surface area contributed by atoms with Crippen molar-refractivity contribution in [3.05, 3.63) is 35.5 Å². The summed E-state index contributed by atoms with van der Waals surface area (Å²) in [6, 6.07) is 0. The monoisotopic (exact) mass is 202 g/mol. The zero-order valence-electron chi connectivity index (χ0n) is 9.84. The first kappa shape index (κ1) is 10.7. The largest absolute Gasteiger partial charge is 0.0877 e. The van der Waals surface area contributed by atoms with Gasteiger partial charge in [0.25, 0.3) is 0 Å². The molecule has 0 aromatic heterocycles. The van der Waals surface area contributed by atoms with Crippen molar-refractivity contribution < 1.29 is 0 Å². The molecule has 0 saturated carbocycles. The molecule has 0 spiro atoms. The van der Waals surface area contributed by atoms with Crippen LogP contribution >= 0.6 is 0 Å². The molecule has 0 heterocycles. The Morgan fingerprint density at radius 3 is 2.67 bits per heavy atom. The van der Waals surface area contributed by atoms with Crippen LogP contribution < -0.4 is 0 Å². The number of rotatable bonds is 2. The first-order chi connectivity index (χ1) is 7.42. The van der Waals surface area contributed by atoms with Gasteiger partial charge in [0.15, 0.2) is 0 Å². The van der Waals surface area contributed by atoms with Gasteiger partial charge >= 0.3 is 0 Å². The number of hydrogen-bond donors (Lipinski definition) is 0. The van der Waals surface area contributed by atoms with Crippen LogP contribution in [0.15, 0.2) is 35.5 Å². The van der Waals surface area contributed by atoms with Crippen molar-refractivity contribution in [3.63, 3.8) is 0 Å². The topological polar surface area (TPSA) is 0 Å². The molecule has 0 fully saturated rings. The predicted octanol–water partition coefficient (Wildman–Crippen LogP) is 4.79. The number of allylic oxidation sites excluding steroid dienone is 6. The fraction of sp³-hybridized carbons (Fsp3) is 0.600. The van der Waals surface area contributed by atoms with Crippen molar-refractivity contribution in [2.24, 2.45) is 5.92 Å². The first-order valence-corrected chi connectivity index (χ1v) is 6.42. The normalized spacial score (nSPS) is 27.7. The highest BCUT2D eigenvalue weighted by Gasteiger charge is 2.22. The van der Waals surface area contributed by atoms with Crippen LogP contribution in [0.3, 0.4) is 0 Å². The third kappa shape index (κ3) is 2.62. The Hall–Kier alpha value is -0.780. The lowest BCUT2D eigenvalue weighted by molar-refractivity contribution is 0.499. The van der Waals surface area contributed by atoms with Crippen LogP contribution in [-0.2, 0) is 0 Å². The minimum Gasteiger partial charge on any atom is -0.0877 e. The van der Waals surface area contributed by atoms with Gasteiger partial charge in [0.1, 0.15) is 0 Å². The highest BCUT2D eigenvalue weighted by atomic mass is 14.3. The molecular weight excluding hydrogens is 180 g/mol. The zero-order valence-corrected chi connectivity index (χ0v) is 9.84. The molecule has 0 amide bonds. The van der Waals surface area contributed by atoms with Gasteiger partial charge in [0.05, 0.1) is 0 Å². The molecule has 2 aliphatic carbocycles. The molecule has 0 saturated heterocycles. The summed E-state index contributed by atoms with van der Waals surface area (Å²) in [5.74, 6) is 0.769. The molecular formula is C15H22. The summed E-state index contributed by atoms with van der Waals surface area (Å²) in [6.07, 6.45) is 18.7. The van der Waals surface area contributed by atoms with Crippen LogP contribution in [-0.4, -0.2) is 0 Å². The van der Waals surface area contributed by atoms with Gasteiger partial charge in [-0.1, -0.05) is 35.5 Å². The molecule has 0 nitrogen and oxygen atoms in total. The summed E-state index contributed by atoms with van der Waals surface area (Å²) in [5.41, 5.74) is 3.61. The second-order valence-electron chi connectivity index (χ2n) is 4.75. The minimum absolute atomic E-state index is 0.769. The molecule has 0 unspecified atom stereocenters. The quantitative estimate of drug-likeness (QED) is 0.446. The second kappa shape index (κ2) is 5.34. The van der Waals surface area contributed by atoms with Gasteiger partial charge in [-0.15, -0.1) is 0 Å². The highest BCUT2D eigenvalue weighted by molar-refractivity contribution is 5.26. The molecule has 0 bridgehead atoms. The zero-order chi connectivity index (χ0) is 10.5. The molecule has 0 radical (unpaired) electrons. The Morgan fingerprint density at radius 1 is 1.00 bits per heavy atom. The molecule has 2 aliphatic rings. The third-order valence-electron chi connectivity index (χ3n) is 3.72. The van der Waals surface area contributed by atoms with Crippen LogP contribution in [0.1, 0.15) is 51.9 Å². The van der Waals surface area contributed by atoms with Crippen LogP contribution in [0.4, 0.5) is 0 Å². The van der Waals surface area contributed by atoms with Crippen LogP contribution in [0.25, 0.3) is 0 Å². The van der Waals surface area contributed by atoms with Crippen molar-refractivity contribution in [2.75, 3.05) is 0 Å². The Kier molecular flexibility index (Phi) is 3.82. The standard InChI is InChI=1S/C15H22/c1-2-3-4-8-13-10-7-11-14-9-5-6-12-15(13)14/h2-4,8,13H,5-7,9-12H2,1H3/b3-2+,8-4+/t13-/m0/s1. The molecule has 1 atom stereocenters. The highest BCUT2D eigenvalue weighted by Crippen LogP contribution is 2.39. The van der Waals surface area contributed by atoms with E-state index in [9.17, 15) is 0 Å². The summed E-state index contributed by atoms with van der Waals surface area (Å²) in [5, 5.41) is 0. The molecule has 0 N–H and O–H groups in total. The van der Waals surface area contributed by atoms with Crippen LogP contribution in [0, 0.1) is 5.92 Å². The van der Waals surface area contributed by atoms with Gasteiger partial charge < -0.3 is 0 Å². The fourth-order valence-corrected chi connectivity index (χ4v) is 2.96. The Morgan fingerprint density at radius 2 is 1.80 bits per heavy atom. The maximum absolute atomic E-state index is 2.42. The van der Waals surface area contributed by atoms with Crippen molar-refractivity contribution in [1.82, 2.24) is 0 Å². The van der Waals surface area contributed by atoms with E-state index in [0.29, 0.717) is 0 Å². The maximum Gasteiger partial charge on any atom is -0.00174 e. The van der Waals surface area contributed by atoms with Gasteiger partial charge in [-0.25, -0.2) is 0 Å². The van der Waals surface area contributed by atoms with E-state index in [2.05, 4.69) is 31.2 Å². The van der Waals surface area contributed by atoms with Crippen molar-refractivity contribution in [2.45, 2.75) is 51.9 Å². The number of hydrogen-bond acceptors (Lipinski definition) is 0. The van der Waals surface area contributed by atoms with Crippen LogP contribution in [0.2, 0.25) is 0 Å². The van der Waals surface area contributed by atoms with Crippen LogP contribution in [0.5, 0.6) is 0 Å². The van der Waals surface area contributed by atoms with Gasteiger partial charge in [-0.3, -0.25) is 0 Å². The first-order valence-electron chi connectivity index (χ1n) is 6.42. The van der Waals surface area contributed by atoms with Gasteiger partial charge in [-0.05, 0) is 57.8 Å². The van der Waals surface area contributed by atoms with Crippen molar-refractivity contribution in [1.29, 1.82) is 0 Å². The van der Waals surface area contributed by atoms with E-state index in [1.807, 2.05) is 5.57 Å². The molecule has 0 aromatic carbocycles. The lowest BCUT2D eigenvalue weighted by Gasteiger charge is -2.30. The SMILES string of the molecule is C/C=C/C=C/[C@H]1CCCC2=C1CCCC2. The summed E-state index contributed by atoms with van der Waals surface area (Å²) in [4.78, 5) is 0. The lowest BCUT2D eigenvalue weighted by atomic mass is 9.76. The Balaban J connectivity index is 2.10. The Bertz CT molecular complexity index is 287. The summed E-state index contributed by atoms with van der Waals surface area (Å²) < 4.78 is 0. The summed E-state index contributed by atoms with van der Waals surface area (Å²) in [6.45, 7) is 2.08. The van der Waals surface area contributed by atoms with Gasteiger partial charge in [0, 0.05) is 0 Å². The molecule has 15 heavy (non-hydrogen) atoms. The van der Waals surface area contributed by atoms with E-state index < -0.39 is 0 Å². The second-order valence-corrected chi connectivity index (χ2v) is 4.75. The molecule has 2 rings (SSSR count). The molecule has 82 valence electrons. The van der Waals surface area contributed by atoms with Crippen molar-refractivity contribution in [3.8, 4) is 0 Å². The Labute approximate surface area is 93.8 Å². The van der Waals surface area contributed by atoms with E-state index in [-0.39, 0.29) is 0 Å². The summed E-state index contributed by atoms with van der Waals surface area (Å²) >= 11 is 0. The van der Waals surface area contributed by atoms with E-state index in [4.69, 9.17) is 0 Å². The van der Waals surface area contributed by atoms with Gasteiger partial charge in [0.2, 0.25) is 0 Å². The van der Waals surface area contributed by atoms with E-state index in [0.717, 1.165) is 5.92 Å². The maximum atomic E-state index is 2.42. The third-order valence-corrected chi connectivity index (χ3v) is 3.72. The van der Waals surface area contributed by atoms with E-state index in [1.54, 1.807) is 5.57 Å². The molecule has 0 aromatic rings. The molecule has 0 heteroatoms.